The van der Waals surface area contributed by atoms with Crippen LogP contribution in [0.4, 0.5) is 10.1 Å². The van der Waals surface area contributed by atoms with Crippen molar-refractivity contribution in [2.24, 2.45) is 0 Å². The number of hydrogen-bond acceptors (Lipinski definition) is 3. The highest BCUT2D eigenvalue weighted by molar-refractivity contribution is 5.94. The molecule has 0 saturated carbocycles. The molecule has 5 heteroatoms. The standard InChI is InChI=1S/C14H16FN3O/c1-9-3-2-4-10-11(9)13(12(15)14(19)17-10)18-7-5-16-6-8-18/h2-4,16H,5-8H2,1H3,(H,17,19). The number of fused-ring (bicyclic) bond motifs is 1. The highest BCUT2D eigenvalue weighted by Crippen LogP contribution is 2.29. The summed E-state index contributed by atoms with van der Waals surface area (Å²) in [4.78, 5) is 16.3. The van der Waals surface area contributed by atoms with Crippen LogP contribution in [-0.2, 0) is 0 Å². The number of H-pyrrole nitrogens is 1. The van der Waals surface area contributed by atoms with Gasteiger partial charge in [0.15, 0.2) is 0 Å². The molecule has 0 radical (unpaired) electrons. The number of aromatic amines is 1. The predicted molar refractivity (Wildman–Crippen MR) is 74.3 cm³/mol. The Morgan fingerprint density at radius 1 is 1.26 bits per heavy atom. The van der Waals surface area contributed by atoms with Gasteiger partial charge < -0.3 is 15.2 Å². The molecule has 19 heavy (non-hydrogen) atoms. The molecule has 2 aromatic rings. The van der Waals surface area contributed by atoms with Crippen molar-refractivity contribution in [3.8, 4) is 0 Å². The predicted octanol–water partition coefficient (Wildman–Crippen LogP) is 1.39. The maximum Gasteiger partial charge on any atom is 0.286 e. The van der Waals surface area contributed by atoms with Crippen LogP contribution in [-0.4, -0.2) is 31.2 Å². The summed E-state index contributed by atoms with van der Waals surface area (Å²) in [6.07, 6.45) is 0. The normalized spacial score (nSPS) is 16.0. The molecule has 2 heterocycles. The van der Waals surface area contributed by atoms with Crippen molar-refractivity contribution in [2.75, 3.05) is 31.1 Å². The minimum absolute atomic E-state index is 0.443. The van der Waals surface area contributed by atoms with Crippen molar-refractivity contribution in [1.29, 1.82) is 0 Å². The Labute approximate surface area is 110 Å². The topological polar surface area (TPSA) is 48.1 Å². The number of halogens is 1. The third kappa shape index (κ3) is 2.00. The monoisotopic (exact) mass is 261 g/mol. The Bertz CT molecular complexity index is 674. The van der Waals surface area contributed by atoms with E-state index in [-0.39, 0.29) is 0 Å². The smallest absolute Gasteiger partial charge is 0.286 e. The van der Waals surface area contributed by atoms with Crippen molar-refractivity contribution in [2.45, 2.75) is 6.92 Å². The lowest BCUT2D eigenvalue weighted by atomic mass is 10.1. The summed E-state index contributed by atoms with van der Waals surface area (Å²) in [7, 11) is 0. The zero-order chi connectivity index (χ0) is 13.4. The van der Waals surface area contributed by atoms with Crippen LogP contribution in [0.2, 0.25) is 0 Å². The maximum absolute atomic E-state index is 14.3. The quantitative estimate of drug-likeness (QED) is 0.815. The summed E-state index contributed by atoms with van der Waals surface area (Å²) in [5.74, 6) is -0.677. The number of piperazine rings is 1. The lowest BCUT2D eigenvalue weighted by Crippen LogP contribution is -2.44. The molecule has 0 bridgehead atoms. The third-order valence-electron chi connectivity index (χ3n) is 3.60. The van der Waals surface area contributed by atoms with Gasteiger partial charge in [0.1, 0.15) is 0 Å². The molecule has 4 nitrogen and oxygen atoms in total. The summed E-state index contributed by atoms with van der Waals surface area (Å²) in [6.45, 7) is 4.97. The van der Waals surface area contributed by atoms with Gasteiger partial charge in [-0.1, -0.05) is 12.1 Å². The summed E-state index contributed by atoms with van der Waals surface area (Å²) >= 11 is 0. The molecule has 0 spiro atoms. The highest BCUT2D eigenvalue weighted by Gasteiger charge is 2.21. The summed E-state index contributed by atoms with van der Waals surface area (Å²) in [6, 6.07) is 5.62. The van der Waals surface area contributed by atoms with E-state index in [0.29, 0.717) is 24.3 Å². The van der Waals surface area contributed by atoms with Gasteiger partial charge in [-0.3, -0.25) is 4.79 Å². The first kappa shape index (κ1) is 12.2. The molecule has 2 N–H and O–H groups in total. The molecule has 1 aromatic carbocycles. The summed E-state index contributed by atoms with van der Waals surface area (Å²) in [5, 5.41) is 4.04. The third-order valence-corrected chi connectivity index (χ3v) is 3.60. The van der Waals surface area contributed by atoms with E-state index in [9.17, 15) is 9.18 Å². The second-order valence-electron chi connectivity index (χ2n) is 4.85. The van der Waals surface area contributed by atoms with E-state index < -0.39 is 11.4 Å². The fourth-order valence-corrected chi connectivity index (χ4v) is 2.67. The Morgan fingerprint density at radius 2 is 2.00 bits per heavy atom. The van der Waals surface area contributed by atoms with Gasteiger partial charge in [0.05, 0.1) is 11.2 Å². The molecule has 100 valence electrons. The van der Waals surface area contributed by atoms with E-state index in [0.717, 1.165) is 24.0 Å². The number of aryl methyl sites for hydroxylation is 1. The van der Waals surface area contributed by atoms with Crippen molar-refractivity contribution in [3.05, 3.63) is 39.9 Å². The van der Waals surface area contributed by atoms with Gasteiger partial charge in [-0.15, -0.1) is 0 Å². The molecule has 1 aromatic heterocycles. The molecule has 0 aliphatic carbocycles. The van der Waals surface area contributed by atoms with Gasteiger partial charge in [-0.2, -0.15) is 4.39 Å². The van der Waals surface area contributed by atoms with Gasteiger partial charge in [0.2, 0.25) is 5.82 Å². The minimum atomic E-state index is -0.677. The van der Waals surface area contributed by atoms with Crippen LogP contribution < -0.4 is 15.8 Å². The van der Waals surface area contributed by atoms with Crippen LogP contribution in [0.25, 0.3) is 10.9 Å². The highest BCUT2D eigenvalue weighted by atomic mass is 19.1. The van der Waals surface area contributed by atoms with Gasteiger partial charge >= 0.3 is 0 Å². The minimum Gasteiger partial charge on any atom is -0.366 e. The Balaban J connectivity index is 2.31. The fraction of sp³-hybridized carbons (Fsp3) is 0.357. The van der Waals surface area contributed by atoms with Crippen molar-refractivity contribution >= 4 is 16.6 Å². The summed E-state index contributed by atoms with van der Waals surface area (Å²) < 4.78 is 14.3. The number of nitrogens with one attached hydrogen (secondary N) is 2. The SMILES string of the molecule is Cc1cccc2[nH]c(=O)c(F)c(N3CCNCC3)c12. The van der Waals surface area contributed by atoms with E-state index in [1.807, 2.05) is 30.0 Å². The van der Waals surface area contributed by atoms with Crippen molar-refractivity contribution in [3.63, 3.8) is 0 Å². The van der Waals surface area contributed by atoms with E-state index in [2.05, 4.69) is 10.3 Å². The van der Waals surface area contributed by atoms with Gasteiger partial charge in [0.25, 0.3) is 5.56 Å². The molecule has 0 amide bonds. The first-order valence-corrected chi connectivity index (χ1v) is 6.45. The number of pyridine rings is 1. The molecule has 1 aliphatic heterocycles. The van der Waals surface area contributed by atoms with E-state index in [1.165, 1.54) is 0 Å². The van der Waals surface area contributed by atoms with Gasteiger partial charge in [0, 0.05) is 31.6 Å². The molecule has 1 aliphatic rings. The van der Waals surface area contributed by atoms with E-state index >= 15 is 0 Å². The van der Waals surface area contributed by atoms with Gasteiger partial charge in [-0.25, -0.2) is 0 Å². The Morgan fingerprint density at radius 3 is 2.74 bits per heavy atom. The van der Waals surface area contributed by atoms with Crippen LogP contribution >= 0.6 is 0 Å². The average molecular weight is 261 g/mol. The summed E-state index contributed by atoms with van der Waals surface area (Å²) in [5.41, 5.74) is 1.46. The van der Waals surface area contributed by atoms with Crippen LogP contribution in [0.5, 0.6) is 0 Å². The number of benzene rings is 1. The average Bonchev–Trinajstić information content (AvgIpc) is 2.42. The molecular weight excluding hydrogens is 245 g/mol. The van der Waals surface area contributed by atoms with Gasteiger partial charge in [-0.05, 0) is 18.6 Å². The number of anilines is 1. The molecule has 0 atom stereocenters. The van der Waals surface area contributed by atoms with Crippen LogP contribution in [0, 0.1) is 12.7 Å². The van der Waals surface area contributed by atoms with Crippen LogP contribution in [0.3, 0.4) is 0 Å². The lowest BCUT2D eigenvalue weighted by Gasteiger charge is -2.30. The Kier molecular flexibility index (Phi) is 2.98. The zero-order valence-corrected chi connectivity index (χ0v) is 10.8. The second-order valence-corrected chi connectivity index (χ2v) is 4.85. The fourth-order valence-electron chi connectivity index (χ4n) is 2.67. The number of hydrogen-bond donors (Lipinski definition) is 2. The van der Waals surface area contributed by atoms with E-state index in [4.69, 9.17) is 0 Å². The number of aromatic nitrogens is 1. The molecule has 1 fully saturated rings. The number of nitrogens with zero attached hydrogens (tertiary/aromatic N) is 1. The Hall–Kier alpha value is -1.88. The first-order chi connectivity index (χ1) is 9.18. The van der Waals surface area contributed by atoms with Crippen molar-refractivity contribution in [1.82, 2.24) is 10.3 Å². The largest absolute Gasteiger partial charge is 0.366 e. The van der Waals surface area contributed by atoms with Crippen LogP contribution in [0.15, 0.2) is 23.0 Å². The van der Waals surface area contributed by atoms with E-state index in [1.54, 1.807) is 0 Å². The maximum atomic E-state index is 14.3. The zero-order valence-electron chi connectivity index (χ0n) is 10.8. The molecule has 3 rings (SSSR count). The van der Waals surface area contributed by atoms with Crippen LogP contribution in [0.1, 0.15) is 5.56 Å². The lowest BCUT2D eigenvalue weighted by molar-refractivity contribution is 0.562. The first-order valence-electron chi connectivity index (χ1n) is 6.45. The molecule has 0 unspecified atom stereocenters. The van der Waals surface area contributed by atoms with Crippen molar-refractivity contribution < 1.29 is 4.39 Å². The number of rotatable bonds is 1. The molecular formula is C14H16FN3O. The second kappa shape index (κ2) is 4.66. The molecule has 1 saturated heterocycles.